The van der Waals surface area contributed by atoms with E-state index in [0.717, 1.165) is 18.4 Å². The molecule has 0 saturated carbocycles. The molecule has 19 heavy (non-hydrogen) atoms. The second-order valence-corrected chi connectivity index (χ2v) is 6.34. The van der Waals surface area contributed by atoms with Gasteiger partial charge in [-0.15, -0.1) is 0 Å². The fourth-order valence-corrected chi connectivity index (χ4v) is 3.45. The van der Waals surface area contributed by atoms with Crippen LogP contribution in [0.1, 0.15) is 43.0 Å². The Bertz CT molecular complexity index is 405. The monoisotopic (exact) mass is 260 g/mol. The van der Waals surface area contributed by atoms with Gasteiger partial charge in [0, 0.05) is 19.1 Å². The summed E-state index contributed by atoms with van der Waals surface area (Å²) in [7, 11) is 0. The molecule has 0 bridgehead atoms. The fraction of sp³-hybridized carbons (Fsp3) is 0.647. The summed E-state index contributed by atoms with van der Waals surface area (Å²) in [6.45, 7) is 12.2. The van der Waals surface area contributed by atoms with Crippen LogP contribution in [0.15, 0.2) is 18.2 Å². The summed E-state index contributed by atoms with van der Waals surface area (Å²) in [6, 6.07) is 6.95. The standard InChI is InChI=1S/C17H28N2/c1-12(2)15-8-9-19(11-15)16(10-18)17-13(3)6-5-7-14(17)4/h5-7,12,15-16H,8-11,18H2,1-4H3. The molecule has 1 aromatic rings. The Morgan fingerprint density at radius 3 is 2.37 bits per heavy atom. The van der Waals surface area contributed by atoms with E-state index in [2.05, 4.69) is 50.8 Å². The third kappa shape index (κ3) is 3.01. The van der Waals surface area contributed by atoms with Crippen LogP contribution in [0.5, 0.6) is 0 Å². The summed E-state index contributed by atoms with van der Waals surface area (Å²) < 4.78 is 0. The van der Waals surface area contributed by atoms with Crippen LogP contribution in [0.3, 0.4) is 0 Å². The quantitative estimate of drug-likeness (QED) is 0.900. The molecule has 1 saturated heterocycles. The zero-order chi connectivity index (χ0) is 14.0. The van der Waals surface area contributed by atoms with Crippen molar-refractivity contribution in [1.29, 1.82) is 0 Å². The maximum Gasteiger partial charge on any atom is 0.0475 e. The molecule has 1 aliphatic heterocycles. The fourth-order valence-electron chi connectivity index (χ4n) is 3.45. The van der Waals surface area contributed by atoms with Crippen LogP contribution < -0.4 is 5.73 Å². The largest absolute Gasteiger partial charge is 0.329 e. The highest BCUT2D eigenvalue weighted by molar-refractivity contribution is 5.36. The van der Waals surface area contributed by atoms with Gasteiger partial charge < -0.3 is 5.73 Å². The maximum absolute atomic E-state index is 6.10. The molecule has 2 N–H and O–H groups in total. The van der Waals surface area contributed by atoms with Gasteiger partial charge in [0.2, 0.25) is 0 Å². The van der Waals surface area contributed by atoms with Crippen molar-refractivity contribution < 1.29 is 0 Å². The van der Waals surface area contributed by atoms with Crippen LogP contribution in [0.2, 0.25) is 0 Å². The van der Waals surface area contributed by atoms with Crippen molar-refractivity contribution >= 4 is 0 Å². The smallest absolute Gasteiger partial charge is 0.0475 e. The van der Waals surface area contributed by atoms with Gasteiger partial charge in [0.1, 0.15) is 0 Å². The molecule has 0 aliphatic carbocycles. The first-order valence-electron chi connectivity index (χ1n) is 7.54. The SMILES string of the molecule is Cc1cccc(C)c1C(CN)N1CCC(C(C)C)C1. The molecule has 2 atom stereocenters. The van der Waals surface area contributed by atoms with Crippen molar-refractivity contribution in [3.05, 3.63) is 34.9 Å². The van der Waals surface area contributed by atoms with Gasteiger partial charge in [-0.3, -0.25) is 4.90 Å². The summed E-state index contributed by atoms with van der Waals surface area (Å²) in [5.41, 5.74) is 10.3. The highest BCUT2D eigenvalue weighted by Crippen LogP contribution is 2.33. The van der Waals surface area contributed by atoms with E-state index in [1.165, 1.54) is 36.2 Å². The molecule has 0 radical (unpaired) electrons. The van der Waals surface area contributed by atoms with Crippen molar-refractivity contribution in [3.8, 4) is 0 Å². The average molecular weight is 260 g/mol. The van der Waals surface area contributed by atoms with Gasteiger partial charge in [0.05, 0.1) is 0 Å². The summed E-state index contributed by atoms with van der Waals surface area (Å²) >= 11 is 0. The Balaban J connectivity index is 2.22. The number of nitrogens with zero attached hydrogens (tertiary/aromatic N) is 1. The number of benzene rings is 1. The third-order valence-corrected chi connectivity index (χ3v) is 4.74. The predicted octanol–water partition coefficient (Wildman–Crippen LogP) is 3.28. The minimum Gasteiger partial charge on any atom is -0.329 e. The van der Waals surface area contributed by atoms with Crippen molar-refractivity contribution in [2.75, 3.05) is 19.6 Å². The first kappa shape index (κ1) is 14.5. The first-order valence-corrected chi connectivity index (χ1v) is 7.54. The van der Waals surface area contributed by atoms with Gasteiger partial charge >= 0.3 is 0 Å². The van der Waals surface area contributed by atoms with Crippen LogP contribution >= 0.6 is 0 Å². The summed E-state index contributed by atoms with van der Waals surface area (Å²) in [6.07, 6.45) is 1.32. The number of hydrogen-bond acceptors (Lipinski definition) is 2. The predicted molar refractivity (Wildman–Crippen MR) is 82.2 cm³/mol. The highest BCUT2D eigenvalue weighted by atomic mass is 15.2. The van der Waals surface area contributed by atoms with Crippen molar-refractivity contribution in [2.45, 2.75) is 40.2 Å². The Labute approximate surface area is 118 Å². The van der Waals surface area contributed by atoms with E-state index >= 15 is 0 Å². The number of aryl methyl sites for hydroxylation is 2. The lowest BCUT2D eigenvalue weighted by atomic mass is 9.94. The molecule has 2 rings (SSSR count). The molecule has 1 heterocycles. The van der Waals surface area contributed by atoms with Gasteiger partial charge in [-0.25, -0.2) is 0 Å². The van der Waals surface area contributed by atoms with E-state index in [4.69, 9.17) is 5.73 Å². The van der Waals surface area contributed by atoms with E-state index in [9.17, 15) is 0 Å². The number of rotatable bonds is 4. The van der Waals surface area contributed by atoms with Crippen LogP contribution in [0, 0.1) is 25.7 Å². The number of hydrogen-bond donors (Lipinski definition) is 1. The molecule has 0 spiro atoms. The first-order chi connectivity index (χ1) is 9.04. The molecular weight excluding hydrogens is 232 g/mol. The van der Waals surface area contributed by atoms with Gasteiger partial charge in [-0.05, 0) is 55.3 Å². The van der Waals surface area contributed by atoms with Crippen LogP contribution in [0.4, 0.5) is 0 Å². The number of likely N-dealkylation sites (tertiary alicyclic amines) is 1. The molecule has 1 aliphatic rings. The summed E-state index contributed by atoms with van der Waals surface area (Å²) in [5, 5.41) is 0. The van der Waals surface area contributed by atoms with Gasteiger partial charge in [-0.1, -0.05) is 32.0 Å². The van der Waals surface area contributed by atoms with Gasteiger partial charge in [-0.2, -0.15) is 0 Å². The molecular formula is C17H28N2. The third-order valence-electron chi connectivity index (χ3n) is 4.74. The molecule has 106 valence electrons. The maximum atomic E-state index is 6.10. The highest BCUT2D eigenvalue weighted by Gasteiger charge is 2.30. The minimum atomic E-state index is 0.393. The topological polar surface area (TPSA) is 29.3 Å². The molecule has 2 heteroatoms. The lowest BCUT2D eigenvalue weighted by Crippen LogP contribution is -2.33. The Hall–Kier alpha value is -0.860. The molecule has 0 amide bonds. The van der Waals surface area contributed by atoms with Crippen LogP contribution in [-0.2, 0) is 0 Å². The zero-order valence-electron chi connectivity index (χ0n) is 12.8. The lowest BCUT2D eigenvalue weighted by molar-refractivity contribution is 0.231. The number of nitrogens with two attached hydrogens (primary N) is 1. The van der Waals surface area contributed by atoms with E-state index in [1.807, 2.05) is 0 Å². The second-order valence-electron chi connectivity index (χ2n) is 6.34. The second kappa shape index (κ2) is 6.06. The van der Waals surface area contributed by atoms with Gasteiger partial charge in [0.25, 0.3) is 0 Å². The Morgan fingerprint density at radius 2 is 1.89 bits per heavy atom. The van der Waals surface area contributed by atoms with E-state index in [1.54, 1.807) is 0 Å². The van der Waals surface area contributed by atoms with E-state index < -0.39 is 0 Å². The van der Waals surface area contributed by atoms with Gasteiger partial charge in [0.15, 0.2) is 0 Å². The normalized spacial score (nSPS) is 22.1. The minimum absolute atomic E-state index is 0.393. The van der Waals surface area contributed by atoms with Crippen molar-refractivity contribution in [2.24, 2.45) is 17.6 Å². The Morgan fingerprint density at radius 1 is 1.26 bits per heavy atom. The summed E-state index contributed by atoms with van der Waals surface area (Å²) in [4.78, 5) is 2.60. The molecule has 1 aromatic carbocycles. The Kier molecular flexibility index (Phi) is 4.64. The molecule has 1 fully saturated rings. The molecule has 0 aromatic heterocycles. The average Bonchev–Trinajstić information content (AvgIpc) is 2.83. The van der Waals surface area contributed by atoms with E-state index in [-0.39, 0.29) is 0 Å². The lowest BCUT2D eigenvalue weighted by Gasteiger charge is -2.30. The van der Waals surface area contributed by atoms with Crippen molar-refractivity contribution in [3.63, 3.8) is 0 Å². The van der Waals surface area contributed by atoms with Crippen LogP contribution in [0.25, 0.3) is 0 Å². The van der Waals surface area contributed by atoms with Crippen molar-refractivity contribution in [1.82, 2.24) is 4.90 Å². The molecule has 2 unspecified atom stereocenters. The summed E-state index contributed by atoms with van der Waals surface area (Å²) in [5.74, 6) is 1.61. The zero-order valence-corrected chi connectivity index (χ0v) is 12.8. The molecule has 2 nitrogen and oxygen atoms in total. The van der Waals surface area contributed by atoms with Crippen LogP contribution in [-0.4, -0.2) is 24.5 Å². The van der Waals surface area contributed by atoms with E-state index in [0.29, 0.717) is 6.04 Å².